The molecule has 201 valence electrons. The largest absolute Gasteiger partial charge is 0.497 e. The smallest absolute Gasteiger partial charge is 0.341 e. The number of aryl methyl sites for hydroxylation is 1. The second-order valence-corrected chi connectivity index (χ2v) is 11.3. The van der Waals surface area contributed by atoms with Gasteiger partial charge in [-0.05, 0) is 50.2 Å². The van der Waals surface area contributed by atoms with E-state index in [9.17, 15) is 17.4 Å². The van der Waals surface area contributed by atoms with Crippen molar-refractivity contribution in [2.24, 2.45) is 0 Å². The molecule has 0 aliphatic heterocycles. The van der Waals surface area contributed by atoms with Crippen molar-refractivity contribution in [2.75, 3.05) is 20.8 Å². The minimum absolute atomic E-state index is 0. The number of carboxylic acid groups (broad SMARTS) is 1. The Bertz CT molecular complexity index is 1650. The van der Waals surface area contributed by atoms with Crippen LogP contribution in [0.4, 0.5) is 0 Å². The Balaban J connectivity index is 0.00000420. The normalized spacial score (nSPS) is 12.0. The molecule has 2 heterocycles. The number of nitrogens with zero attached hydrogens (tertiary/aromatic N) is 3. The minimum atomic E-state index is -4.30. The molecular formula is C25H25N3NaO8S2. The summed E-state index contributed by atoms with van der Waals surface area (Å²) in [5.74, 6) is -0.0707. The number of carbonyl (C=O) groups is 1. The first-order valence-electron chi connectivity index (χ1n) is 11.2. The van der Waals surface area contributed by atoms with Gasteiger partial charge in [-0.2, -0.15) is 0 Å². The van der Waals surface area contributed by atoms with Gasteiger partial charge in [-0.15, -0.1) is 0 Å². The number of methoxy groups -OCH3 is 2. The molecule has 2 aromatic heterocycles. The van der Waals surface area contributed by atoms with E-state index >= 15 is 0 Å². The summed E-state index contributed by atoms with van der Waals surface area (Å²) in [7, 11) is -3.24. The predicted molar refractivity (Wildman–Crippen MR) is 145 cm³/mol. The van der Waals surface area contributed by atoms with Crippen LogP contribution in [-0.4, -0.2) is 88.0 Å². The van der Waals surface area contributed by atoms with Crippen LogP contribution >= 0.6 is 0 Å². The maximum atomic E-state index is 13.9. The van der Waals surface area contributed by atoms with Crippen LogP contribution < -0.4 is 14.2 Å². The zero-order valence-corrected chi connectivity index (χ0v) is 25.6. The molecule has 2 aromatic carbocycles. The van der Waals surface area contributed by atoms with Gasteiger partial charge in [0.2, 0.25) is 5.16 Å². The van der Waals surface area contributed by atoms with E-state index in [1.165, 1.54) is 44.6 Å². The number of benzene rings is 2. The fourth-order valence-electron chi connectivity index (χ4n) is 3.88. The third kappa shape index (κ3) is 6.28. The molecule has 0 spiro atoms. The van der Waals surface area contributed by atoms with Crippen molar-refractivity contribution in [3.05, 3.63) is 65.5 Å². The topological polar surface area (TPSA) is 147 Å². The Morgan fingerprint density at radius 2 is 1.72 bits per heavy atom. The number of pyridine rings is 1. The fourth-order valence-corrected chi connectivity index (χ4v) is 6.92. The molecule has 4 aromatic rings. The van der Waals surface area contributed by atoms with E-state index in [1.54, 1.807) is 25.3 Å². The van der Waals surface area contributed by atoms with Gasteiger partial charge >= 0.3 is 5.97 Å². The zero-order valence-electron chi connectivity index (χ0n) is 22.0. The van der Waals surface area contributed by atoms with Crippen LogP contribution in [0.3, 0.4) is 0 Å². The van der Waals surface area contributed by atoms with Crippen molar-refractivity contribution in [2.45, 2.75) is 29.7 Å². The number of carboxylic acids is 1. The van der Waals surface area contributed by atoms with Crippen molar-refractivity contribution >= 4 is 67.4 Å². The van der Waals surface area contributed by atoms with Crippen LogP contribution in [0.25, 0.3) is 11.0 Å². The average Bonchev–Trinajstić information content (AvgIpc) is 3.29. The SMILES string of the molecule is COc1ccc2nc(S(=O)Cc3ncc(C)c(OC)c3C)n(S(=O)(=O)c3ccc(OCC(=O)O)cc3)c2c1.[Na]. The summed E-state index contributed by atoms with van der Waals surface area (Å²) in [6.45, 7) is 3.07. The van der Waals surface area contributed by atoms with Crippen LogP contribution in [0.1, 0.15) is 16.8 Å². The molecule has 4 rings (SSSR count). The van der Waals surface area contributed by atoms with E-state index in [-0.39, 0.29) is 56.6 Å². The zero-order chi connectivity index (χ0) is 27.6. The summed E-state index contributed by atoms with van der Waals surface area (Å²) in [5, 5.41) is 8.61. The van der Waals surface area contributed by atoms with E-state index in [1.807, 2.05) is 6.92 Å². The Hall–Kier alpha value is -2.97. The molecule has 0 aliphatic carbocycles. The van der Waals surface area contributed by atoms with Crippen LogP contribution in [-0.2, 0) is 31.4 Å². The number of imidazole rings is 1. The Labute approximate surface area is 249 Å². The van der Waals surface area contributed by atoms with Crippen molar-refractivity contribution in [1.29, 1.82) is 0 Å². The quantitative estimate of drug-likeness (QED) is 0.277. The first-order chi connectivity index (χ1) is 18.1. The van der Waals surface area contributed by atoms with Gasteiger partial charge in [0.1, 0.15) is 17.2 Å². The molecule has 1 radical (unpaired) electrons. The molecule has 11 nitrogen and oxygen atoms in total. The van der Waals surface area contributed by atoms with Gasteiger partial charge in [0.05, 0.1) is 52.4 Å². The average molecular weight is 583 g/mol. The number of hydrogen-bond donors (Lipinski definition) is 1. The molecule has 14 heteroatoms. The number of hydrogen-bond acceptors (Lipinski definition) is 9. The van der Waals surface area contributed by atoms with Gasteiger partial charge in [-0.1, -0.05) is 0 Å². The molecule has 0 fully saturated rings. The molecule has 1 N–H and O–H groups in total. The molecule has 1 unspecified atom stereocenters. The minimum Gasteiger partial charge on any atom is -0.497 e. The molecule has 0 saturated heterocycles. The van der Waals surface area contributed by atoms with Gasteiger partial charge in [0, 0.05) is 52.9 Å². The summed E-state index contributed by atoms with van der Waals surface area (Å²) in [4.78, 5) is 19.4. The summed E-state index contributed by atoms with van der Waals surface area (Å²) < 4.78 is 58.1. The van der Waals surface area contributed by atoms with E-state index in [4.69, 9.17) is 19.3 Å². The van der Waals surface area contributed by atoms with Crippen molar-refractivity contribution in [3.8, 4) is 17.2 Å². The monoisotopic (exact) mass is 582 g/mol. The van der Waals surface area contributed by atoms with E-state index in [0.717, 1.165) is 9.54 Å². The Kier molecular flexibility index (Phi) is 9.78. The molecular weight excluding hydrogens is 557 g/mol. The van der Waals surface area contributed by atoms with Crippen molar-refractivity contribution in [3.63, 3.8) is 0 Å². The maximum absolute atomic E-state index is 13.9. The van der Waals surface area contributed by atoms with E-state index in [2.05, 4.69) is 9.97 Å². The first-order valence-corrected chi connectivity index (χ1v) is 14.0. The first kappa shape index (κ1) is 30.6. The van der Waals surface area contributed by atoms with Crippen LogP contribution in [0.15, 0.2) is 58.7 Å². The fraction of sp³-hybridized carbons (Fsp3) is 0.240. The van der Waals surface area contributed by atoms with Gasteiger partial charge in [0.25, 0.3) is 10.0 Å². The Morgan fingerprint density at radius 3 is 2.33 bits per heavy atom. The van der Waals surface area contributed by atoms with E-state index in [0.29, 0.717) is 28.3 Å². The van der Waals surface area contributed by atoms with Crippen molar-refractivity contribution < 1.29 is 36.7 Å². The summed E-state index contributed by atoms with van der Waals surface area (Å²) in [6, 6.07) is 9.97. The molecule has 0 bridgehead atoms. The second kappa shape index (κ2) is 12.5. The molecule has 0 amide bonds. The van der Waals surface area contributed by atoms with Gasteiger partial charge in [-0.3, -0.25) is 9.19 Å². The number of aromatic nitrogens is 3. The predicted octanol–water partition coefficient (Wildman–Crippen LogP) is 2.69. The number of ether oxygens (including phenoxy) is 3. The van der Waals surface area contributed by atoms with Gasteiger partial charge in [-0.25, -0.2) is 22.2 Å². The van der Waals surface area contributed by atoms with Crippen LogP contribution in [0, 0.1) is 13.8 Å². The third-order valence-corrected chi connectivity index (χ3v) is 8.79. The number of aliphatic carboxylic acids is 1. The maximum Gasteiger partial charge on any atom is 0.341 e. The van der Waals surface area contributed by atoms with Crippen molar-refractivity contribution in [1.82, 2.24) is 13.9 Å². The van der Waals surface area contributed by atoms with Gasteiger partial charge in [0.15, 0.2) is 6.61 Å². The summed E-state index contributed by atoms with van der Waals surface area (Å²) >= 11 is 0. The molecule has 0 aliphatic rings. The Morgan fingerprint density at radius 1 is 1.05 bits per heavy atom. The summed E-state index contributed by atoms with van der Waals surface area (Å²) in [5.41, 5.74) is 2.50. The van der Waals surface area contributed by atoms with Crippen LogP contribution in [0.5, 0.6) is 17.2 Å². The van der Waals surface area contributed by atoms with E-state index < -0.39 is 33.4 Å². The standard InChI is InChI=1S/C25H25N3O8S2.Na/c1-15-12-26-21(16(2)24(15)35-4)14-37(31)25-27-20-10-7-18(34-3)11-22(20)28(25)38(32,33)19-8-5-17(6-9-19)36-13-23(29)30;/h5-12H,13-14H2,1-4H3,(H,29,30);. The summed E-state index contributed by atoms with van der Waals surface area (Å²) in [6.07, 6.45) is 1.61. The second-order valence-electron chi connectivity index (χ2n) is 8.21. The number of fused-ring (bicyclic) bond motifs is 1. The number of rotatable bonds is 10. The van der Waals surface area contributed by atoms with Gasteiger partial charge < -0.3 is 19.3 Å². The third-order valence-electron chi connectivity index (χ3n) is 5.74. The molecule has 39 heavy (non-hydrogen) atoms. The molecule has 1 atom stereocenters. The van der Waals surface area contributed by atoms with Crippen LogP contribution in [0.2, 0.25) is 0 Å². The molecule has 0 saturated carbocycles.